The summed E-state index contributed by atoms with van der Waals surface area (Å²) in [6.07, 6.45) is -4.91. The van der Waals surface area contributed by atoms with Crippen LogP contribution in [0.25, 0.3) is 0 Å². The topological polar surface area (TPSA) is 99.6 Å². The minimum atomic E-state index is -5.25. The lowest BCUT2D eigenvalue weighted by atomic mass is 10.0. The molecule has 0 fully saturated rings. The zero-order chi connectivity index (χ0) is 24.5. The first-order valence-corrected chi connectivity index (χ1v) is 11.3. The van der Waals surface area contributed by atoms with Crippen LogP contribution in [0, 0.1) is 17.5 Å². The Morgan fingerprint density at radius 3 is 2.27 bits per heavy atom. The number of hydrogen-bond donors (Lipinski definition) is 2. The second-order valence-corrected chi connectivity index (χ2v) is 9.06. The van der Waals surface area contributed by atoms with Crippen LogP contribution in [0.15, 0.2) is 46.1 Å². The van der Waals surface area contributed by atoms with E-state index in [4.69, 9.17) is 0 Å². The molecule has 7 nitrogen and oxygen atoms in total. The Bertz CT molecular complexity index is 1260. The maximum atomic E-state index is 14.7. The molecular formula is C19H14F5N3O4S2. The number of sulfonamides is 1. The van der Waals surface area contributed by atoms with Crippen molar-refractivity contribution in [2.75, 3.05) is 9.62 Å². The van der Waals surface area contributed by atoms with E-state index in [1.165, 1.54) is 6.92 Å². The maximum absolute atomic E-state index is 14.7. The largest absolute Gasteiger partial charge is 0.464 e. The van der Waals surface area contributed by atoms with Crippen molar-refractivity contribution >= 4 is 39.0 Å². The van der Waals surface area contributed by atoms with Gasteiger partial charge in [0.1, 0.15) is 17.5 Å². The molecule has 1 unspecified atom stereocenters. The second kappa shape index (κ2) is 9.31. The third-order valence-electron chi connectivity index (χ3n) is 4.42. The molecule has 33 heavy (non-hydrogen) atoms. The Kier molecular flexibility index (Phi) is 6.88. The van der Waals surface area contributed by atoms with Crippen LogP contribution in [0.1, 0.15) is 30.5 Å². The van der Waals surface area contributed by atoms with E-state index >= 15 is 0 Å². The predicted molar refractivity (Wildman–Crippen MR) is 110 cm³/mol. The van der Waals surface area contributed by atoms with E-state index in [2.05, 4.69) is 10.3 Å². The van der Waals surface area contributed by atoms with E-state index in [-0.39, 0.29) is 15.6 Å². The van der Waals surface area contributed by atoms with Crippen LogP contribution in [-0.2, 0) is 10.0 Å². The first kappa shape index (κ1) is 24.4. The van der Waals surface area contributed by atoms with Gasteiger partial charge in [-0.2, -0.15) is 0 Å². The van der Waals surface area contributed by atoms with Crippen molar-refractivity contribution in [2.45, 2.75) is 24.3 Å². The maximum Gasteiger partial charge on any atom is 0.427 e. The van der Waals surface area contributed by atoms with Crippen LogP contribution >= 0.6 is 11.3 Å². The van der Waals surface area contributed by atoms with Crippen molar-refractivity contribution in [3.63, 3.8) is 0 Å². The van der Waals surface area contributed by atoms with Crippen molar-refractivity contribution < 1.29 is 40.3 Å². The predicted octanol–water partition coefficient (Wildman–Crippen LogP) is 5.54. The van der Waals surface area contributed by atoms with Gasteiger partial charge in [-0.3, -0.25) is 0 Å². The molecule has 3 aromatic rings. The Hall–Kier alpha value is -3.26. The molecule has 0 aliphatic rings. The van der Waals surface area contributed by atoms with Gasteiger partial charge < -0.3 is 10.4 Å². The molecular weight excluding hydrogens is 493 g/mol. The van der Waals surface area contributed by atoms with Gasteiger partial charge >= 0.3 is 6.09 Å². The summed E-state index contributed by atoms with van der Waals surface area (Å²) in [6.45, 7) is 1.34. The molecule has 0 bridgehead atoms. The van der Waals surface area contributed by atoms with Crippen molar-refractivity contribution in [2.24, 2.45) is 0 Å². The summed E-state index contributed by atoms with van der Waals surface area (Å²) in [5.74, 6) is -4.68. The third kappa shape index (κ3) is 4.90. The van der Waals surface area contributed by atoms with Crippen molar-refractivity contribution in [1.29, 1.82) is 0 Å². The minimum absolute atomic E-state index is 0.217. The number of benzene rings is 2. The van der Waals surface area contributed by atoms with E-state index in [1.54, 1.807) is 0 Å². The number of alkyl halides is 2. The van der Waals surface area contributed by atoms with Crippen LogP contribution in [0.4, 0.5) is 38.3 Å². The number of hydrogen-bond acceptors (Lipinski definition) is 6. The highest BCUT2D eigenvalue weighted by Crippen LogP contribution is 2.32. The van der Waals surface area contributed by atoms with E-state index in [0.717, 1.165) is 40.4 Å². The highest BCUT2D eigenvalue weighted by Gasteiger charge is 2.37. The van der Waals surface area contributed by atoms with Crippen LogP contribution in [-0.4, -0.2) is 24.6 Å². The van der Waals surface area contributed by atoms with Gasteiger partial charge in [-0.15, -0.1) is 15.6 Å². The molecule has 2 N–H and O–H groups in total. The monoisotopic (exact) mass is 507 g/mol. The van der Waals surface area contributed by atoms with Gasteiger partial charge in [0.2, 0.25) is 0 Å². The third-order valence-corrected chi connectivity index (χ3v) is 6.72. The molecule has 0 saturated heterocycles. The Labute approximate surface area is 188 Å². The Morgan fingerprint density at radius 1 is 1.12 bits per heavy atom. The van der Waals surface area contributed by atoms with Crippen molar-refractivity contribution in [3.8, 4) is 0 Å². The normalized spacial score (nSPS) is 12.6. The number of nitrogens with one attached hydrogen (secondary N) is 1. The summed E-state index contributed by atoms with van der Waals surface area (Å²) >= 11 is 0.860. The number of amides is 1. The molecule has 0 radical (unpaired) electrons. The molecule has 1 aromatic heterocycles. The van der Waals surface area contributed by atoms with Crippen LogP contribution < -0.4 is 9.62 Å². The van der Waals surface area contributed by atoms with E-state index < -0.39 is 62.3 Å². The van der Waals surface area contributed by atoms with Crippen LogP contribution in [0.3, 0.4) is 0 Å². The molecule has 1 heterocycles. The smallest absolute Gasteiger partial charge is 0.427 e. The van der Waals surface area contributed by atoms with Gasteiger partial charge in [0.25, 0.3) is 16.4 Å². The molecule has 0 aliphatic carbocycles. The van der Waals surface area contributed by atoms with Crippen LogP contribution in [0.2, 0.25) is 0 Å². The number of nitrogens with zero attached hydrogens (tertiary/aromatic N) is 2. The van der Waals surface area contributed by atoms with Gasteiger partial charge in [0, 0.05) is 22.2 Å². The lowest BCUT2D eigenvalue weighted by molar-refractivity contribution is 0.151. The van der Waals surface area contributed by atoms with Gasteiger partial charge in [-0.25, -0.2) is 40.1 Å². The summed E-state index contributed by atoms with van der Waals surface area (Å²) in [6, 6.07) is 2.68. The Morgan fingerprint density at radius 2 is 1.76 bits per heavy atom. The zero-order valence-corrected chi connectivity index (χ0v) is 18.1. The Balaban J connectivity index is 1.97. The first-order chi connectivity index (χ1) is 15.4. The lowest BCUT2D eigenvalue weighted by Crippen LogP contribution is -2.37. The van der Waals surface area contributed by atoms with Gasteiger partial charge in [-0.05, 0) is 31.2 Å². The average molecular weight is 507 g/mol. The number of thiazole rings is 1. The van der Waals surface area contributed by atoms with Crippen LogP contribution in [0.5, 0.6) is 0 Å². The lowest BCUT2D eigenvalue weighted by Gasteiger charge is -2.20. The number of rotatable bonds is 7. The molecule has 14 heteroatoms. The molecule has 0 saturated carbocycles. The first-order valence-electron chi connectivity index (χ1n) is 8.93. The number of halogens is 5. The number of carboxylic acid groups (broad SMARTS) is 1. The summed E-state index contributed by atoms with van der Waals surface area (Å²) < 4.78 is 94.4. The average Bonchev–Trinajstić information content (AvgIpc) is 3.20. The zero-order valence-electron chi connectivity index (χ0n) is 16.5. The molecule has 0 spiro atoms. The van der Waals surface area contributed by atoms with Gasteiger partial charge in [-0.1, -0.05) is 6.07 Å². The number of anilines is 2. The molecule has 0 aliphatic heterocycles. The summed E-state index contributed by atoms with van der Waals surface area (Å²) in [5.41, 5.74) is 0.110. The minimum Gasteiger partial charge on any atom is -0.464 e. The quantitative estimate of drug-likeness (QED) is 0.407. The van der Waals surface area contributed by atoms with Gasteiger partial charge in [0.15, 0.2) is 10.7 Å². The number of aromatic nitrogens is 1. The van der Waals surface area contributed by atoms with Crippen molar-refractivity contribution in [3.05, 3.63) is 69.8 Å². The summed E-state index contributed by atoms with van der Waals surface area (Å²) in [7, 11) is -5.25. The fourth-order valence-electron chi connectivity index (χ4n) is 2.97. The van der Waals surface area contributed by atoms with E-state index in [0.29, 0.717) is 12.1 Å². The van der Waals surface area contributed by atoms with E-state index in [9.17, 15) is 40.3 Å². The SMILES string of the molecule is CC(Nc1cc(F)c(S(=O)(=O)N(C(=O)O)c2cscn2)c(F)c1)c1cc(C(F)F)ccc1F. The standard InChI is InChI=1S/C19H14F5N3O4S2/c1-9(12-4-10(18(23)24)2-3-13(12)20)26-11-5-14(21)17(15(22)6-11)33(30,31)27(19(28)29)16-7-32-8-25-16/h2-9,18,26H,1H3,(H,28,29). The summed E-state index contributed by atoms with van der Waals surface area (Å²) in [4.78, 5) is 13.5. The second-order valence-electron chi connectivity index (χ2n) is 6.62. The molecule has 3 rings (SSSR count). The fourth-order valence-corrected chi connectivity index (χ4v) is 4.90. The molecule has 176 valence electrons. The van der Waals surface area contributed by atoms with E-state index in [1.807, 2.05) is 0 Å². The number of carbonyl (C=O) groups is 1. The highest BCUT2D eigenvalue weighted by atomic mass is 32.2. The highest BCUT2D eigenvalue weighted by molar-refractivity contribution is 7.93. The van der Waals surface area contributed by atoms with Gasteiger partial charge in [0.05, 0.1) is 11.6 Å². The van der Waals surface area contributed by atoms with Crippen molar-refractivity contribution in [1.82, 2.24) is 4.98 Å². The summed E-state index contributed by atoms with van der Waals surface area (Å²) in [5, 5.41) is 12.8. The fraction of sp³-hybridized carbons (Fsp3) is 0.158. The molecule has 1 amide bonds. The molecule has 2 aromatic carbocycles. The molecule has 1 atom stereocenters.